The van der Waals surface area contributed by atoms with Gasteiger partial charge in [0.05, 0.1) is 12.3 Å². The van der Waals surface area contributed by atoms with Gasteiger partial charge in [-0.3, -0.25) is 4.79 Å². The molecule has 19 heavy (non-hydrogen) atoms. The van der Waals surface area contributed by atoms with Crippen LogP contribution in [0.15, 0.2) is 0 Å². The lowest BCUT2D eigenvalue weighted by atomic mass is 10.3. The molecule has 1 atom stereocenters. The van der Waals surface area contributed by atoms with Gasteiger partial charge >= 0.3 is 0 Å². The third-order valence-corrected chi connectivity index (χ3v) is 5.97. The molecule has 1 amide bonds. The molecule has 112 valence electrons. The second-order valence-corrected chi connectivity index (χ2v) is 8.28. The maximum absolute atomic E-state index is 12.1. The summed E-state index contributed by atoms with van der Waals surface area (Å²) in [7, 11) is -3.44. The number of hydrogen-bond donors (Lipinski definition) is 1. The summed E-state index contributed by atoms with van der Waals surface area (Å²) in [6.07, 6.45) is 1.06. The van der Waals surface area contributed by atoms with E-state index in [0.717, 1.165) is 0 Å². The molecule has 1 unspecified atom stereocenters. The number of amides is 1. The summed E-state index contributed by atoms with van der Waals surface area (Å²) in [6.45, 7) is 4.12. The van der Waals surface area contributed by atoms with Gasteiger partial charge in [0.15, 0.2) is 0 Å². The van der Waals surface area contributed by atoms with E-state index in [1.54, 1.807) is 13.8 Å². The van der Waals surface area contributed by atoms with E-state index in [2.05, 4.69) is 5.32 Å². The molecule has 1 N–H and O–H groups in total. The van der Waals surface area contributed by atoms with Gasteiger partial charge in [-0.2, -0.15) is 4.31 Å². The van der Waals surface area contributed by atoms with Crippen LogP contribution in [0.1, 0.15) is 26.7 Å². The van der Waals surface area contributed by atoms with E-state index in [4.69, 9.17) is 23.2 Å². The van der Waals surface area contributed by atoms with E-state index in [0.29, 0.717) is 19.4 Å². The van der Waals surface area contributed by atoms with Crippen molar-refractivity contribution < 1.29 is 13.2 Å². The molecule has 1 rings (SSSR count). The quantitative estimate of drug-likeness (QED) is 0.683. The van der Waals surface area contributed by atoms with Gasteiger partial charge in [0.25, 0.3) is 0 Å². The molecule has 5 nitrogen and oxygen atoms in total. The smallest absolute Gasteiger partial charge is 0.235 e. The topological polar surface area (TPSA) is 66.5 Å². The van der Waals surface area contributed by atoms with Crippen molar-refractivity contribution in [1.29, 1.82) is 0 Å². The van der Waals surface area contributed by atoms with Gasteiger partial charge < -0.3 is 5.32 Å². The highest BCUT2D eigenvalue weighted by atomic mass is 35.5. The summed E-state index contributed by atoms with van der Waals surface area (Å²) in [6, 6.07) is 0. The molecule has 0 aromatic heterocycles. The Morgan fingerprint density at radius 1 is 1.42 bits per heavy atom. The molecule has 0 radical (unpaired) electrons. The van der Waals surface area contributed by atoms with Crippen LogP contribution in [0, 0.1) is 5.92 Å². The highest BCUT2D eigenvalue weighted by Gasteiger charge is 2.51. The largest absolute Gasteiger partial charge is 0.355 e. The SMILES string of the molecule is CCNC(=O)CN(CC)S(=O)(=O)CCC1CC1(Cl)Cl. The summed E-state index contributed by atoms with van der Waals surface area (Å²) in [5.74, 6) is -0.274. The van der Waals surface area contributed by atoms with E-state index < -0.39 is 14.4 Å². The number of halogens is 2. The zero-order valence-corrected chi connectivity index (χ0v) is 13.5. The molecule has 8 heteroatoms. The Kier molecular flexibility index (Phi) is 5.92. The lowest BCUT2D eigenvalue weighted by Gasteiger charge is -2.19. The minimum atomic E-state index is -3.44. The number of nitrogens with zero attached hydrogens (tertiary/aromatic N) is 1. The lowest BCUT2D eigenvalue weighted by molar-refractivity contribution is -0.121. The van der Waals surface area contributed by atoms with E-state index >= 15 is 0 Å². The Labute approximate surface area is 124 Å². The van der Waals surface area contributed by atoms with Crippen LogP contribution in [-0.2, 0) is 14.8 Å². The second kappa shape index (κ2) is 6.61. The normalized spacial score (nSPS) is 21.4. The first-order chi connectivity index (χ1) is 8.73. The van der Waals surface area contributed by atoms with Crippen molar-refractivity contribution in [3.05, 3.63) is 0 Å². The summed E-state index contributed by atoms with van der Waals surface area (Å²) in [4.78, 5) is 11.5. The minimum Gasteiger partial charge on any atom is -0.355 e. The predicted octanol–water partition coefficient (Wildman–Crippen LogP) is 1.36. The zero-order valence-electron chi connectivity index (χ0n) is 11.2. The Morgan fingerprint density at radius 3 is 2.42 bits per heavy atom. The second-order valence-electron chi connectivity index (χ2n) is 4.65. The molecule has 0 aromatic rings. The molecule has 0 heterocycles. The molecule has 0 saturated heterocycles. The standard InChI is InChI=1S/C11H20Cl2N2O3S/c1-3-14-10(16)8-15(4-2)19(17,18)6-5-9-7-11(9,12)13/h9H,3-8H2,1-2H3,(H,14,16). The molecular weight excluding hydrogens is 311 g/mol. The summed E-state index contributed by atoms with van der Waals surface area (Å²) in [5.41, 5.74) is 0. The van der Waals surface area contributed by atoms with E-state index in [1.165, 1.54) is 4.31 Å². The first-order valence-corrected chi connectivity index (χ1v) is 8.71. The van der Waals surface area contributed by atoms with E-state index in [-0.39, 0.29) is 30.7 Å². The number of sulfonamides is 1. The molecule has 1 aliphatic carbocycles. The van der Waals surface area contributed by atoms with Crippen molar-refractivity contribution in [2.75, 3.05) is 25.4 Å². The Bertz CT molecular complexity index is 426. The Hall–Kier alpha value is -0.0400. The molecule has 1 saturated carbocycles. The van der Waals surface area contributed by atoms with Crippen LogP contribution in [0.3, 0.4) is 0 Å². The van der Waals surface area contributed by atoms with Crippen LogP contribution >= 0.6 is 23.2 Å². The van der Waals surface area contributed by atoms with Gasteiger partial charge in [-0.05, 0) is 25.7 Å². The van der Waals surface area contributed by atoms with Gasteiger partial charge in [-0.25, -0.2) is 8.42 Å². The van der Waals surface area contributed by atoms with E-state index in [1.807, 2.05) is 0 Å². The number of carbonyl (C=O) groups is 1. The predicted molar refractivity (Wildman–Crippen MR) is 76.9 cm³/mol. The summed E-state index contributed by atoms with van der Waals surface area (Å²) < 4.78 is 24.6. The van der Waals surface area contributed by atoms with Gasteiger partial charge in [-0.1, -0.05) is 6.92 Å². The number of rotatable bonds is 8. The Balaban J connectivity index is 2.50. The number of hydrogen-bond acceptors (Lipinski definition) is 3. The van der Waals surface area contributed by atoms with Crippen LogP contribution in [0.4, 0.5) is 0 Å². The molecular formula is C11H20Cl2N2O3S. The van der Waals surface area contributed by atoms with Crippen molar-refractivity contribution >= 4 is 39.1 Å². The molecule has 0 aromatic carbocycles. The van der Waals surface area contributed by atoms with Gasteiger partial charge in [-0.15, -0.1) is 23.2 Å². The summed E-state index contributed by atoms with van der Waals surface area (Å²) in [5, 5.41) is 2.59. The molecule has 1 aliphatic rings. The minimum absolute atomic E-state index is 0.0217. The van der Waals surface area contributed by atoms with Gasteiger partial charge in [0.1, 0.15) is 4.33 Å². The maximum atomic E-state index is 12.1. The number of alkyl halides is 2. The number of nitrogens with one attached hydrogen (secondary N) is 1. The molecule has 0 spiro atoms. The van der Waals surface area contributed by atoms with Crippen molar-refractivity contribution in [2.45, 2.75) is 31.0 Å². The molecule has 0 bridgehead atoms. The highest BCUT2D eigenvalue weighted by molar-refractivity contribution is 7.89. The average molecular weight is 331 g/mol. The van der Waals surface area contributed by atoms with Crippen LogP contribution in [-0.4, -0.2) is 48.4 Å². The highest BCUT2D eigenvalue weighted by Crippen LogP contribution is 2.55. The zero-order chi connectivity index (χ0) is 14.7. The third-order valence-electron chi connectivity index (χ3n) is 3.12. The fourth-order valence-corrected chi connectivity index (χ4v) is 3.96. The maximum Gasteiger partial charge on any atom is 0.235 e. The van der Waals surface area contributed by atoms with Crippen molar-refractivity contribution in [2.24, 2.45) is 5.92 Å². The Morgan fingerprint density at radius 2 is 2.00 bits per heavy atom. The van der Waals surface area contributed by atoms with Gasteiger partial charge in [0.2, 0.25) is 15.9 Å². The first-order valence-electron chi connectivity index (χ1n) is 6.35. The van der Waals surface area contributed by atoms with E-state index in [9.17, 15) is 13.2 Å². The fourth-order valence-electron chi connectivity index (χ4n) is 1.82. The van der Waals surface area contributed by atoms with Crippen molar-refractivity contribution in [1.82, 2.24) is 9.62 Å². The van der Waals surface area contributed by atoms with Gasteiger partial charge in [0, 0.05) is 13.1 Å². The number of likely N-dealkylation sites (N-methyl/N-ethyl adjacent to an activating group) is 2. The third kappa shape index (κ3) is 5.10. The fraction of sp³-hybridized carbons (Fsp3) is 0.909. The first kappa shape index (κ1) is 17.0. The monoisotopic (exact) mass is 330 g/mol. The molecule has 1 fully saturated rings. The van der Waals surface area contributed by atoms with Crippen LogP contribution in [0.25, 0.3) is 0 Å². The average Bonchev–Trinajstić information content (AvgIpc) is 2.92. The van der Waals surface area contributed by atoms with Crippen molar-refractivity contribution in [3.8, 4) is 0 Å². The van der Waals surface area contributed by atoms with Crippen LogP contribution in [0.2, 0.25) is 0 Å². The van der Waals surface area contributed by atoms with Crippen LogP contribution in [0.5, 0.6) is 0 Å². The summed E-state index contributed by atoms with van der Waals surface area (Å²) >= 11 is 11.7. The lowest BCUT2D eigenvalue weighted by Crippen LogP contribution is -2.41. The molecule has 0 aliphatic heterocycles. The van der Waals surface area contributed by atoms with Crippen LogP contribution < -0.4 is 5.32 Å². The number of carbonyl (C=O) groups excluding carboxylic acids is 1. The van der Waals surface area contributed by atoms with Crippen molar-refractivity contribution in [3.63, 3.8) is 0 Å².